The molecule has 0 saturated carbocycles. The number of H-pyrrole nitrogens is 1. The molecule has 2 N–H and O–H groups in total. The molecule has 0 spiro atoms. The quantitative estimate of drug-likeness (QED) is 0.793. The molecule has 0 aliphatic heterocycles. The average molecular weight is 216 g/mol. The van der Waals surface area contributed by atoms with Gasteiger partial charge in [-0.3, -0.25) is 9.78 Å². The maximum absolute atomic E-state index is 11.5. The molecule has 0 radical (unpaired) electrons. The second kappa shape index (κ2) is 5.06. The van der Waals surface area contributed by atoms with Crippen LogP contribution in [0, 0.1) is 0 Å². The minimum atomic E-state index is -0.186. The van der Waals surface area contributed by atoms with Gasteiger partial charge in [-0.1, -0.05) is 6.07 Å². The molecule has 2 aromatic rings. The second-order valence-corrected chi connectivity index (χ2v) is 3.30. The molecule has 0 aliphatic carbocycles. The third-order valence-electron chi connectivity index (χ3n) is 2.14. The Morgan fingerprint density at radius 1 is 1.44 bits per heavy atom. The zero-order chi connectivity index (χ0) is 11.2. The van der Waals surface area contributed by atoms with Crippen LogP contribution in [0.3, 0.4) is 0 Å². The van der Waals surface area contributed by atoms with Gasteiger partial charge in [-0.15, -0.1) is 0 Å². The van der Waals surface area contributed by atoms with E-state index in [1.54, 1.807) is 24.8 Å². The number of nitrogens with one attached hydrogen (secondary N) is 2. The summed E-state index contributed by atoms with van der Waals surface area (Å²) < 4.78 is 0. The number of carbonyl (C=O) groups is 1. The normalized spacial score (nSPS) is 10.0. The van der Waals surface area contributed by atoms with Crippen LogP contribution in [0.5, 0.6) is 0 Å². The lowest BCUT2D eigenvalue weighted by atomic mass is 10.2. The molecule has 1 amide bonds. The van der Waals surface area contributed by atoms with E-state index in [9.17, 15) is 4.79 Å². The number of amides is 1. The highest BCUT2D eigenvalue weighted by atomic mass is 16.2. The van der Waals surface area contributed by atoms with E-state index in [0.29, 0.717) is 12.4 Å². The first-order valence-corrected chi connectivity index (χ1v) is 5.03. The minimum absolute atomic E-state index is 0.186. The molecule has 0 atom stereocenters. The van der Waals surface area contributed by atoms with Crippen molar-refractivity contribution in [3.8, 4) is 0 Å². The van der Waals surface area contributed by atoms with Crippen LogP contribution in [-0.4, -0.2) is 27.4 Å². The SMILES string of the molecule is O=C(NCCc1cccnc1)c1ncc[nH]1. The van der Waals surface area contributed by atoms with Gasteiger partial charge in [0.25, 0.3) is 5.91 Å². The zero-order valence-corrected chi connectivity index (χ0v) is 8.68. The number of pyridine rings is 1. The van der Waals surface area contributed by atoms with Gasteiger partial charge in [0, 0.05) is 31.3 Å². The number of aromatic nitrogens is 3. The van der Waals surface area contributed by atoms with Crippen LogP contribution < -0.4 is 5.32 Å². The summed E-state index contributed by atoms with van der Waals surface area (Å²) >= 11 is 0. The topological polar surface area (TPSA) is 70.7 Å². The van der Waals surface area contributed by atoms with E-state index in [1.807, 2.05) is 12.1 Å². The predicted octanol–water partition coefficient (Wildman–Crippen LogP) is 0.777. The number of imidazole rings is 1. The standard InChI is InChI=1S/C11H12N4O/c16-11(10-13-6-7-14-10)15-5-3-9-2-1-4-12-8-9/h1-2,4,6-8H,3,5H2,(H,13,14)(H,15,16). The van der Waals surface area contributed by atoms with E-state index >= 15 is 0 Å². The smallest absolute Gasteiger partial charge is 0.287 e. The summed E-state index contributed by atoms with van der Waals surface area (Å²) in [5.74, 6) is 0.153. The van der Waals surface area contributed by atoms with Crippen molar-refractivity contribution < 1.29 is 4.79 Å². The zero-order valence-electron chi connectivity index (χ0n) is 8.68. The Morgan fingerprint density at radius 3 is 3.06 bits per heavy atom. The third-order valence-corrected chi connectivity index (χ3v) is 2.14. The second-order valence-electron chi connectivity index (χ2n) is 3.30. The summed E-state index contributed by atoms with van der Waals surface area (Å²) in [4.78, 5) is 22.1. The van der Waals surface area contributed by atoms with Crippen LogP contribution in [0.15, 0.2) is 36.9 Å². The van der Waals surface area contributed by atoms with E-state index in [4.69, 9.17) is 0 Å². The van der Waals surface area contributed by atoms with E-state index in [-0.39, 0.29) is 5.91 Å². The van der Waals surface area contributed by atoms with Crippen LogP contribution in [0.2, 0.25) is 0 Å². The monoisotopic (exact) mass is 216 g/mol. The van der Waals surface area contributed by atoms with Gasteiger partial charge in [-0.05, 0) is 18.1 Å². The third kappa shape index (κ3) is 2.66. The number of carbonyl (C=O) groups excluding carboxylic acids is 1. The Kier molecular flexibility index (Phi) is 3.28. The predicted molar refractivity (Wildman–Crippen MR) is 58.9 cm³/mol. The highest BCUT2D eigenvalue weighted by molar-refractivity contribution is 5.90. The number of hydrogen-bond acceptors (Lipinski definition) is 3. The Hall–Kier alpha value is -2.17. The highest BCUT2D eigenvalue weighted by Gasteiger charge is 2.05. The first-order chi connectivity index (χ1) is 7.86. The average Bonchev–Trinajstić information content (AvgIpc) is 2.84. The van der Waals surface area contributed by atoms with Crippen molar-refractivity contribution in [2.24, 2.45) is 0 Å². The lowest BCUT2D eigenvalue weighted by Gasteiger charge is -2.02. The molecule has 0 fully saturated rings. The first kappa shape index (κ1) is 10.4. The largest absolute Gasteiger partial charge is 0.349 e. The van der Waals surface area contributed by atoms with Crippen molar-refractivity contribution >= 4 is 5.91 Å². The van der Waals surface area contributed by atoms with Crippen LogP contribution >= 0.6 is 0 Å². The summed E-state index contributed by atoms with van der Waals surface area (Å²) in [5.41, 5.74) is 1.10. The number of rotatable bonds is 4. The van der Waals surface area contributed by atoms with Gasteiger partial charge in [0.2, 0.25) is 0 Å². The van der Waals surface area contributed by atoms with E-state index in [2.05, 4.69) is 20.3 Å². The summed E-state index contributed by atoms with van der Waals surface area (Å²) in [6, 6.07) is 3.86. The fourth-order valence-electron chi connectivity index (χ4n) is 1.34. The molecule has 0 unspecified atom stereocenters. The molecule has 0 aromatic carbocycles. The Balaban J connectivity index is 1.79. The highest BCUT2D eigenvalue weighted by Crippen LogP contribution is 1.96. The molecule has 5 nitrogen and oxygen atoms in total. The van der Waals surface area contributed by atoms with E-state index in [1.165, 1.54) is 0 Å². The van der Waals surface area contributed by atoms with Crippen molar-refractivity contribution in [2.45, 2.75) is 6.42 Å². The molecule has 0 aliphatic rings. The Morgan fingerprint density at radius 2 is 2.38 bits per heavy atom. The Bertz CT molecular complexity index is 438. The molecule has 2 aromatic heterocycles. The van der Waals surface area contributed by atoms with E-state index < -0.39 is 0 Å². The van der Waals surface area contributed by atoms with Crippen molar-refractivity contribution in [2.75, 3.05) is 6.54 Å². The summed E-state index contributed by atoms with van der Waals surface area (Å²) in [7, 11) is 0. The minimum Gasteiger partial charge on any atom is -0.349 e. The first-order valence-electron chi connectivity index (χ1n) is 5.03. The van der Waals surface area contributed by atoms with Gasteiger partial charge >= 0.3 is 0 Å². The van der Waals surface area contributed by atoms with Gasteiger partial charge in [-0.25, -0.2) is 4.98 Å². The van der Waals surface area contributed by atoms with Crippen molar-refractivity contribution in [1.29, 1.82) is 0 Å². The molecule has 16 heavy (non-hydrogen) atoms. The fourth-order valence-corrected chi connectivity index (χ4v) is 1.34. The molecule has 2 heterocycles. The molecule has 0 bridgehead atoms. The van der Waals surface area contributed by atoms with Crippen LogP contribution in [0.1, 0.15) is 16.2 Å². The summed E-state index contributed by atoms with van der Waals surface area (Å²) in [5, 5.41) is 2.77. The Labute approximate surface area is 92.9 Å². The maximum Gasteiger partial charge on any atom is 0.287 e. The lowest BCUT2D eigenvalue weighted by Crippen LogP contribution is -2.26. The number of hydrogen-bond donors (Lipinski definition) is 2. The van der Waals surface area contributed by atoms with Crippen LogP contribution in [0.25, 0.3) is 0 Å². The van der Waals surface area contributed by atoms with Gasteiger partial charge in [0.05, 0.1) is 0 Å². The molecular weight excluding hydrogens is 204 g/mol. The fraction of sp³-hybridized carbons (Fsp3) is 0.182. The van der Waals surface area contributed by atoms with Crippen molar-refractivity contribution in [3.63, 3.8) is 0 Å². The van der Waals surface area contributed by atoms with Gasteiger partial charge in [-0.2, -0.15) is 0 Å². The van der Waals surface area contributed by atoms with Crippen molar-refractivity contribution in [1.82, 2.24) is 20.3 Å². The molecule has 5 heteroatoms. The molecule has 0 saturated heterocycles. The molecule has 2 rings (SSSR count). The molecular formula is C11H12N4O. The molecule has 82 valence electrons. The summed E-state index contributed by atoms with van der Waals surface area (Å²) in [6.07, 6.45) is 7.45. The van der Waals surface area contributed by atoms with Crippen molar-refractivity contribution in [3.05, 3.63) is 48.3 Å². The van der Waals surface area contributed by atoms with Gasteiger partial charge in [0.15, 0.2) is 5.82 Å². The number of aromatic amines is 1. The lowest BCUT2D eigenvalue weighted by molar-refractivity contribution is 0.0944. The van der Waals surface area contributed by atoms with Crippen LogP contribution in [0.4, 0.5) is 0 Å². The maximum atomic E-state index is 11.5. The van der Waals surface area contributed by atoms with Crippen LogP contribution in [-0.2, 0) is 6.42 Å². The van der Waals surface area contributed by atoms with Gasteiger partial charge in [0.1, 0.15) is 0 Å². The van der Waals surface area contributed by atoms with Gasteiger partial charge < -0.3 is 10.3 Å². The number of nitrogens with zero attached hydrogens (tertiary/aromatic N) is 2. The summed E-state index contributed by atoms with van der Waals surface area (Å²) in [6.45, 7) is 0.575. The van der Waals surface area contributed by atoms with E-state index in [0.717, 1.165) is 12.0 Å².